The second kappa shape index (κ2) is 13.2. The van der Waals surface area contributed by atoms with Gasteiger partial charge in [-0.05, 0) is 69.9 Å². The first-order chi connectivity index (χ1) is 19.0. The fraction of sp³-hybridized carbons (Fsp3) is 0.633. The maximum Gasteiger partial charge on any atom is 0.272 e. The van der Waals surface area contributed by atoms with Crippen LogP contribution in [0.4, 0.5) is 8.78 Å². The maximum absolute atomic E-state index is 14.1. The lowest BCUT2D eigenvalue weighted by Crippen LogP contribution is -2.52. The van der Waals surface area contributed by atoms with Crippen LogP contribution in [0.25, 0.3) is 0 Å². The van der Waals surface area contributed by atoms with E-state index in [0.717, 1.165) is 38.5 Å². The highest BCUT2D eigenvalue weighted by Gasteiger charge is 2.31. The Bertz CT molecular complexity index is 1090. The molecule has 2 unspecified atom stereocenters. The number of nitrogens with zero attached hydrogens (tertiary/aromatic N) is 3. The van der Waals surface area contributed by atoms with Gasteiger partial charge in [0.05, 0.1) is 18.8 Å². The van der Waals surface area contributed by atoms with Gasteiger partial charge < -0.3 is 19.7 Å². The van der Waals surface area contributed by atoms with E-state index < -0.39 is 12.8 Å². The number of rotatable bonds is 8. The molecule has 7 nitrogen and oxygen atoms in total. The van der Waals surface area contributed by atoms with Gasteiger partial charge >= 0.3 is 0 Å². The van der Waals surface area contributed by atoms with Crippen molar-refractivity contribution in [2.45, 2.75) is 95.4 Å². The van der Waals surface area contributed by atoms with Crippen LogP contribution >= 0.6 is 0 Å². The van der Waals surface area contributed by atoms with Crippen LogP contribution in [0.2, 0.25) is 0 Å². The molecule has 1 aromatic heterocycles. The summed E-state index contributed by atoms with van der Waals surface area (Å²) in [6, 6.07) is 10.2. The minimum Gasteiger partial charge on any atom is -0.378 e. The van der Waals surface area contributed by atoms with Gasteiger partial charge in [-0.1, -0.05) is 29.8 Å². The minimum absolute atomic E-state index is 0.0444. The van der Waals surface area contributed by atoms with Crippen molar-refractivity contribution in [3.8, 4) is 0 Å². The monoisotopic (exact) mass is 542 g/mol. The zero-order valence-electron chi connectivity index (χ0n) is 22.8. The van der Waals surface area contributed by atoms with Crippen LogP contribution in [-0.2, 0) is 22.6 Å². The van der Waals surface area contributed by atoms with E-state index in [0.29, 0.717) is 38.2 Å². The third kappa shape index (κ3) is 7.38. The number of amides is 1. The zero-order chi connectivity index (χ0) is 27.2. The van der Waals surface area contributed by atoms with Crippen LogP contribution in [0.5, 0.6) is 0 Å². The third-order valence-corrected chi connectivity index (χ3v) is 8.20. The SMILES string of the molecule is Cc1ccc([C@@H]2CCC[C@H](CCc3cc(C(=O)N4CCC(NC5CCOCC5F)CC4)nc(CF)n3)O2)cc1. The summed E-state index contributed by atoms with van der Waals surface area (Å²) in [6.45, 7) is 3.08. The molecule has 0 spiro atoms. The fourth-order valence-electron chi connectivity index (χ4n) is 5.90. The summed E-state index contributed by atoms with van der Waals surface area (Å²) in [6.07, 6.45) is 5.78. The molecule has 4 atom stereocenters. The van der Waals surface area contributed by atoms with Crippen molar-refractivity contribution in [1.82, 2.24) is 20.2 Å². The third-order valence-electron chi connectivity index (χ3n) is 8.20. The van der Waals surface area contributed by atoms with Crippen molar-refractivity contribution in [1.29, 1.82) is 0 Å². The molecular formula is C30H40F2N4O3. The molecule has 0 saturated carbocycles. The number of benzene rings is 1. The van der Waals surface area contributed by atoms with Crippen LogP contribution in [0.1, 0.15) is 84.2 Å². The molecule has 212 valence electrons. The molecule has 5 rings (SSSR count). The Labute approximate surface area is 229 Å². The number of nitrogens with one attached hydrogen (secondary N) is 1. The molecule has 3 aliphatic rings. The van der Waals surface area contributed by atoms with Crippen LogP contribution in [0, 0.1) is 6.92 Å². The summed E-state index contributed by atoms with van der Waals surface area (Å²) in [5.41, 5.74) is 3.35. The fourth-order valence-corrected chi connectivity index (χ4v) is 5.90. The second-order valence-corrected chi connectivity index (χ2v) is 11.1. The molecule has 0 radical (unpaired) electrons. The number of alkyl halides is 2. The first-order valence-corrected chi connectivity index (χ1v) is 14.4. The van der Waals surface area contributed by atoms with Gasteiger partial charge in [0.2, 0.25) is 0 Å². The molecular weight excluding hydrogens is 502 g/mol. The lowest BCUT2D eigenvalue weighted by molar-refractivity contribution is -0.0547. The molecule has 1 amide bonds. The van der Waals surface area contributed by atoms with Gasteiger partial charge in [-0.2, -0.15) is 0 Å². The number of hydrogen-bond donors (Lipinski definition) is 1. The van der Waals surface area contributed by atoms with Gasteiger partial charge in [0.15, 0.2) is 5.82 Å². The van der Waals surface area contributed by atoms with Gasteiger partial charge in [0.1, 0.15) is 18.5 Å². The van der Waals surface area contributed by atoms with Crippen molar-refractivity contribution in [2.75, 3.05) is 26.3 Å². The molecule has 3 aliphatic heterocycles. The number of hydrogen-bond acceptors (Lipinski definition) is 6. The van der Waals surface area contributed by atoms with E-state index in [1.165, 1.54) is 11.1 Å². The summed E-state index contributed by atoms with van der Waals surface area (Å²) in [5.74, 6) is -0.155. The first-order valence-electron chi connectivity index (χ1n) is 14.4. The average Bonchev–Trinajstić information content (AvgIpc) is 2.97. The van der Waals surface area contributed by atoms with Crippen LogP contribution in [0.15, 0.2) is 30.3 Å². The number of likely N-dealkylation sites (tertiary alicyclic amines) is 1. The van der Waals surface area contributed by atoms with E-state index in [1.54, 1.807) is 11.0 Å². The lowest BCUT2D eigenvalue weighted by atomic mass is 9.95. The average molecular weight is 543 g/mol. The van der Waals surface area contributed by atoms with Crippen molar-refractivity contribution >= 4 is 5.91 Å². The molecule has 9 heteroatoms. The minimum atomic E-state index is -0.996. The van der Waals surface area contributed by atoms with E-state index in [4.69, 9.17) is 9.47 Å². The number of aromatic nitrogens is 2. The van der Waals surface area contributed by atoms with E-state index in [2.05, 4.69) is 46.5 Å². The van der Waals surface area contributed by atoms with Gasteiger partial charge in [0.25, 0.3) is 5.91 Å². The molecule has 39 heavy (non-hydrogen) atoms. The summed E-state index contributed by atoms with van der Waals surface area (Å²) in [4.78, 5) is 23.6. The number of aryl methyl sites for hydroxylation is 2. The quantitative estimate of drug-likeness (QED) is 0.516. The molecule has 2 aromatic rings. The van der Waals surface area contributed by atoms with Crippen molar-refractivity contribution in [2.24, 2.45) is 0 Å². The standard InChI is InChI=1S/C30H40F2N4O3/c1-20-5-7-21(8-6-20)28-4-2-3-24(39-28)10-9-23-17-27(35-29(18-31)34-23)30(37)36-14-11-22(12-15-36)33-26-13-16-38-19-25(26)32/h5-8,17,22,24-26,28,33H,2-4,9-16,18-19H2,1H3/t24-,25?,26?,28+/m1/s1. The number of ether oxygens (including phenoxy) is 2. The van der Waals surface area contributed by atoms with Crippen LogP contribution in [-0.4, -0.2) is 71.4 Å². The molecule has 1 N–H and O–H groups in total. The largest absolute Gasteiger partial charge is 0.378 e. The zero-order valence-corrected chi connectivity index (χ0v) is 22.8. The van der Waals surface area contributed by atoms with E-state index >= 15 is 0 Å². The molecule has 4 heterocycles. The number of carbonyl (C=O) groups excluding carboxylic acids is 1. The Balaban J connectivity index is 1.15. The Kier molecular flexibility index (Phi) is 9.53. The first kappa shape index (κ1) is 28.1. The van der Waals surface area contributed by atoms with Crippen molar-refractivity contribution in [3.63, 3.8) is 0 Å². The van der Waals surface area contributed by atoms with Crippen molar-refractivity contribution < 1.29 is 23.0 Å². The van der Waals surface area contributed by atoms with Crippen LogP contribution < -0.4 is 5.32 Å². The molecule has 1 aromatic carbocycles. The maximum atomic E-state index is 14.1. The molecule has 3 fully saturated rings. The predicted octanol–water partition coefficient (Wildman–Crippen LogP) is 4.82. The second-order valence-electron chi connectivity index (χ2n) is 11.1. The van der Waals surface area contributed by atoms with Gasteiger partial charge in [-0.3, -0.25) is 4.79 Å². The summed E-state index contributed by atoms with van der Waals surface area (Å²) < 4.78 is 39.4. The Hall–Kier alpha value is -2.49. The predicted molar refractivity (Wildman–Crippen MR) is 144 cm³/mol. The highest BCUT2D eigenvalue weighted by Crippen LogP contribution is 2.33. The smallest absolute Gasteiger partial charge is 0.272 e. The van der Waals surface area contributed by atoms with Gasteiger partial charge in [0, 0.05) is 37.5 Å². The summed E-state index contributed by atoms with van der Waals surface area (Å²) >= 11 is 0. The highest BCUT2D eigenvalue weighted by molar-refractivity contribution is 5.92. The van der Waals surface area contributed by atoms with Gasteiger partial charge in [-0.15, -0.1) is 0 Å². The van der Waals surface area contributed by atoms with Gasteiger partial charge in [-0.25, -0.2) is 18.7 Å². The van der Waals surface area contributed by atoms with E-state index in [9.17, 15) is 13.6 Å². The molecule has 3 saturated heterocycles. The number of halogens is 2. The molecule has 0 aliphatic carbocycles. The lowest BCUT2D eigenvalue weighted by Gasteiger charge is -2.36. The Morgan fingerprint density at radius 1 is 1.10 bits per heavy atom. The summed E-state index contributed by atoms with van der Waals surface area (Å²) in [7, 11) is 0. The Morgan fingerprint density at radius 2 is 1.90 bits per heavy atom. The van der Waals surface area contributed by atoms with E-state index in [1.807, 2.05) is 0 Å². The van der Waals surface area contributed by atoms with Crippen molar-refractivity contribution in [3.05, 3.63) is 58.7 Å². The van der Waals surface area contributed by atoms with Crippen LogP contribution in [0.3, 0.4) is 0 Å². The summed E-state index contributed by atoms with van der Waals surface area (Å²) in [5, 5.41) is 3.42. The van der Waals surface area contributed by atoms with E-state index in [-0.39, 0.29) is 48.3 Å². The molecule has 0 bridgehead atoms. The Morgan fingerprint density at radius 3 is 2.64 bits per heavy atom. The topological polar surface area (TPSA) is 76.6 Å². The number of carbonyl (C=O) groups is 1. The highest BCUT2D eigenvalue weighted by atomic mass is 19.1. The number of piperidine rings is 1. The normalized spacial score (nSPS) is 26.5.